The summed E-state index contributed by atoms with van der Waals surface area (Å²) in [6, 6.07) is 0. The van der Waals surface area contributed by atoms with E-state index in [1.165, 1.54) is 18.4 Å². The molecule has 2 N–H and O–H groups in total. The molecule has 0 aromatic heterocycles. The number of hydrogen-bond donors (Lipinski definition) is 2. The second kappa shape index (κ2) is 5.00. The molecule has 7 rings (SSSR count). The fraction of sp³-hybridized carbons (Fsp3) is 0.913. The van der Waals surface area contributed by atoms with Crippen molar-refractivity contribution in [1.29, 1.82) is 0 Å². The number of fused-ring (bicyclic) bond motifs is 4. The summed E-state index contributed by atoms with van der Waals surface area (Å²) in [5.74, 6) is 1.38. The molecule has 9 atom stereocenters. The highest BCUT2D eigenvalue weighted by Gasteiger charge is 2.77. The third kappa shape index (κ3) is 1.81. The Hall–Kier alpha value is -0.420. The maximum absolute atomic E-state index is 10.8. The molecule has 7 fully saturated rings. The maximum atomic E-state index is 10.8. The fourth-order valence-electron chi connectivity index (χ4n) is 9.08. The highest BCUT2D eigenvalue weighted by Crippen LogP contribution is 2.79. The maximum Gasteiger partial charge on any atom is 0.163 e. The second-order valence-electron chi connectivity index (χ2n) is 11.2. The molecule has 6 saturated carbocycles. The van der Waals surface area contributed by atoms with Gasteiger partial charge in [0.25, 0.3) is 0 Å². The molecule has 4 nitrogen and oxygen atoms in total. The van der Waals surface area contributed by atoms with E-state index in [4.69, 9.17) is 9.47 Å². The van der Waals surface area contributed by atoms with Gasteiger partial charge in [-0.25, -0.2) is 0 Å². The lowest BCUT2D eigenvalue weighted by molar-refractivity contribution is -0.395. The number of rotatable bonds is 2. The summed E-state index contributed by atoms with van der Waals surface area (Å²) in [6.45, 7) is 9.10. The van der Waals surface area contributed by atoms with Crippen LogP contribution in [0.3, 0.4) is 0 Å². The van der Waals surface area contributed by atoms with E-state index >= 15 is 0 Å². The smallest absolute Gasteiger partial charge is 0.163 e. The number of aliphatic hydroxyl groups excluding tert-OH is 2. The van der Waals surface area contributed by atoms with E-state index in [-0.39, 0.29) is 41.7 Å². The van der Waals surface area contributed by atoms with Crippen LogP contribution in [0.25, 0.3) is 0 Å². The van der Waals surface area contributed by atoms with Crippen LogP contribution in [0.1, 0.15) is 58.8 Å². The number of aliphatic hydroxyl groups is 2. The van der Waals surface area contributed by atoms with E-state index in [2.05, 4.69) is 6.58 Å². The Morgan fingerprint density at radius 2 is 1.78 bits per heavy atom. The van der Waals surface area contributed by atoms with Gasteiger partial charge in [0.05, 0.1) is 12.2 Å². The van der Waals surface area contributed by atoms with Crippen molar-refractivity contribution in [2.24, 2.45) is 39.9 Å². The summed E-state index contributed by atoms with van der Waals surface area (Å²) in [4.78, 5) is 0. The van der Waals surface area contributed by atoms with E-state index < -0.39 is 5.79 Å². The molecule has 0 aromatic carbocycles. The second-order valence-corrected chi connectivity index (χ2v) is 11.2. The lowest BCUT2D eigenvalue weighted by atomic mass is 9.36. The van der Waals surface area contributed by atoms with Crippen LogP contribution < -0.4 is 0 Å². The Bertz CT molecular complexity index is 702. The van der Waals surface area contributed by atoms with Crippen LogP contribution in [-0.4, -0.2) is 41.4 Å². The molecule has 1 heterocycles. The highest BCUT2D eigenvalue weighted by atomic mass is 16.7. The van der Waals surface area contributed by atoms with Crippen molar-refractivity contribution in [2.75, 3.05) is 13.2 Å². The summed E-state index contributed by atoms with van der Waals surface area (Å²) in [5.41, 5.74) is 1.22. The number of hydrogen-bond acceptors (Lipinski definition) is 4. The summed E-state index contributed by atoms with van der Waals surface area (Å²) in [7, 11) is 0. The molecular weight excluding hydrogens is 340 g/mol. The third-order valence-corrected chi connectivity index (χ3v) is 10.2. The van der Waals surface area contributed by atoms with Crippen molar-refractivity contribution < 1.29 is 19.7 Å². The molecule has 150 valence electrons. The van der Waals surface area contributed by atoms with Gasteiger partial charge in [-0.2, -0.15) is 0 Å². The average molecular weight is 375 g/mol. The van der Waals surface area contributed by atoms with Gasteiger partial charge in [-0.3, -0.25) is 0 Å². The first-order valence-corrected chi connectivity index (χ1v) is 11.1. The molecule has 1 spiro atoms. The van der Waals surface area contributed by atoms with Crippen LogP contribution in [0.5, 0.6) is 0 Å². The fourth-order valence-corrected chi connectivity index (χ4v) is 9.08. The minimum Gasteiger partial charge on any atom is -0.396 e. The predicted octanol–water partition coefficient (Wildman–Crippen LogP) is 3.27. The van der Waals surface area contributed by atoms with Crippen molar-refractivity contribution in [2.45, 2.75) is 76.8 Å². The molecule has 9 unspecified atom stereocenters. The molecular formula is C23H34O4. The van der Waals surface area contributed by atoms with Gasteiger partial charge in [-0.1, -0.05) is 6.58 Å². The van der Waals surface area contributed by atoms with E-state index in [1.807, 2.05) is 13.8 Å². The SMILES string of the molecule is C=C1C2CCC34C(CC5C6(CO)CC6CCC5(CO)C3C2)OC(C)(C)OC14. The van der Waals surface area contributed by atoms with E-state index in [1.54, 1.807) is 0 Å². The minimum atomic E-state index is -0.589. The van der Waals surface area contributed by atoms with Crippen LogP contribution >= 0.6 is 0 Å². The lowest BCUT2D eigenvalue weighted by Crippen LogP contribution is -2.74. The predicted molar refractivity (Wildman–Crippen MR) is 101 cm³/mol. The van der Waals surface area contributed by atoms with Crippen molar-refractivity contribution in [3.05, 3.63) is 12.2 Å². The topological polar surface area (TPSA) is 58.9 Å². The van der Waals surface area contributed by atoms with E-state index in [0.29, 0.717) is 23.7 Å². The Morgan fingerprint density at radius 3 is 2.52 bits per heavy atom. The third-order valence-electron chi connectivity index (χ3n) is 10.2. The molecule has 6 aliphatic carbocycles. The molecule has 1 saturated heterocycles. The van der Waals surface area contributed by atoms with Gasteiger partial charge in [0.2, 0.25) is 0 Å². The van der Waals surface area contributed by atoms with Gasteiger partial charge in [-0.15, -0.1) is 0 Å². The van der Waals surface area contributed by atoms with Crippen LogP contribution in [0, 0.1) is 39.9 Å². The zero-order valence-electron chi connectivity index (χ0n) is 16.7. The van der Waals surface area contributed by atoms with Crippen molar-refractivity contribution in [3.8, 4) is 0 Å². The summed E-state index contributed by atoms with van der Waals surface area (Å²) in [6.07, 6.45) is 8.05. The highest BCUT2D eigenvalue weighted by molar-refractivity contribution is 5.32. The number of ether oxygens (including phenoxy) is 2. The standard InChI is InChI=1S/C23H34O4/c1-13-14-4-7-23-17(8-14)21(11-24)6-5-15-10-22(15,12-25)16(21)9-18(23)26-20(2,3)27-19(13)23/h14-19,24-25H,1,4-12H2,2-3H3. The first-order chi connectivity index (χ1) is 12.8. The van der Waals surface area contributed by atoms with Gasteiger partial charge < -0.3 is 19.7 Å². The molecule has 0 amide bonds. The first-order valence-electron chi connectivity index (χ1n) is 11.1. The Kier molecular flexibility index (Phi) is 3.23. The molecule has 1 aliphatic heterocycles. The van der Waals surface area contributed by atoms with Crippen molar-refractivity contribution >= 4 is 0 Å². The molecule has 27 heavy (non-hydrogen) atoms. The van der Waals surface area contributed by atoms with Crippen LogP contribution in [0.2, 0.25) is 0 Å². The molecule has 0 radical (unpaired) electrons. The van der Waals surface area contributed by atoms with Gasteiger partial charge in [-0.05, 0) is 88.0 Å². The van der Waals surface area contributed by atoms with E-state index in [9.17, 15) is 10.2 Å². The summed E-state index contributed by atoms with van der Waals surface area (Å²) >= 11 is 0. The zero-order valence-corrected chi connectivity index (χ0v) is 16.7. The van der Waals surface area contributed by atoms with Gasteiger partial charge in [0.1, 0.15) is 0 Å². The van der Waals surface area contributed by atoms with Gasteiger partial charge >= 0.3 is 0 Å². The lowest BCUT2D eigenvalue weighted by Gasteiger charge is -2.73. The monoisotopic (exact) mass is 374 g/mol. The molecule has 0 aromatic rings. The Balaban J connectivity index is 1.52. The van der Waals surface area contributed by atoms with Crippen molar-refractivity contribution in [1.82, 2.24) is 0 Å². The van der Waals surface area contributed by atoms with Crippen molar-refractivity contribution in [3.63, 3.8) is 0 Å². The summed E-state index contributed by atoms with van der Waals surface area (Å²) in [5, 5.41) is 21.2. The summed E-state index contributed by atoms with van der Waals surface area (Å²) < 4.78 is 13.2. The molecule has 4 heteroatoms. The first kappa shape index (κ1) is 17.4. The molecule has 7 aliphatic rings. The van der Waals surface area contributed by atoms with Crippen LogP contribution in [0.15, 0.2) is 12.2 Å². The largest absolute Gasteiger partial charge is 0.396 e. The normalized spacial score (nSPS) is 59.6. The minimum absolute atomic E-state index is 0.0288. The van der Waals surface area contributed by atoms with Gasteiger partial charge in [0.15, 0.2) is 5.79 Å². The van der Waals surface area contributed by atoms with E-state index in [0.717, 1.165) is 32.1 Å². The molecule has 2 bridgehead atoms. The zero-order chi connectivity index (χ0) is 18.8. The van der Waals surface area contributed by atoms with Crippen LogP contribution in [-0.2, 0) is 9.47 Å². The van der Waals surface area contributed by atoms with Gasteiger partial charge in [0, 0.05) is 29.5 Å². The Labute approximate surface area is 162 Å². The van der Waals surface area contributed by atoms with Crippen LogP contribution in [0.4, 0.5) is 0 Å². The average Bonchev–Trinajstić information content (AvgIpc) is 3.39. The Morgan fingerprint density at radius 1 is 1.00 bits per heavy atom. The quantitative estimate of drug-likeness (QED) is 0.729.